The first-order valence-corrected chi connectivity index (χ1v) is 6.49. The van der Waals surface area contributed by atoms with Gasteiger partial charge in [0.2, 0.25) is 0 Å². The highest BCUT2D eigenvalue weighted by Gasteiger charge is 2.37. The molecule has 0 saturated carbocycles. The Morgan fingerprint density at radius 2 is 1.94 bits per heavy atom. The zero-order valence-corrected chi connectivity index (χ0v) is 11.1. The van der Waals surface area contributed by atoms with Crippen molar-refractivity contribution in [3.63, 3.8) is 0 Å². The van der Waals surface area contributed by atoms with Gasteiger partial charge in [-0.1, -0.05) is 20.8 Å². The van der Waals surface area contributed by atoms with Gasteiger partial charge in [0.15, 0.2) is 0 Å². The third kappa shape index (κ3) is 2.10. The fourth-order valence-corrected chi connectivity index (χ4v) is 2.93. The van der Waals surface area contributed by atoms with Crippen LogP contribution in [0.4, 0.5) is 0 Å². The number of nitrogens with one attached hydrogen (secondary N) is 1. The average Bonchev–Trinajstić information content (AvgIpc) is 2.60. The predicted molar refractivity (Wildman–Crippen MR) is 67.9 cm³/mol. The fourth-order valence-electron chi connectivity index (χ4n) is 2.93. The molecule has 3 heteroatoms. The Labute approximate surface area is 99.3 Å². The Hall–Kier alpha value is -0.570. The third-order valence-electron chi connectivity index (χ3n) is 3.93. The first-order chi connectivity index (χ1) is 7.39. The van der Waals surface area contributed by atoms with Crippen LogP contribution in [0.2, 0.25) is 0 Å². The van der Waals surface area contributed by atoms with Crippen molar-refractivity contribution in [2.24, 2.45) is 5.41 Å². The van der Waals surface area contributed by atoms with Gasteiger partial charge in [0, 0.05) is 30.6 Å². The summed E-state index contributed by atoms with van der Waals surface area (Å²) < 4.78 is 0. The Morgan fingerprint density at radius 1 is 1.25 bits per heavy atom. The van der Waals surface area contributed by atoms with Crippen LogP contribution in [-0.2, 0) is 0 Å². The summed E-state index contributed by atoms with van der Waals surface area (Å²) in [6.45, 7) is 12.2. The second-order valence-electron chi connectivity index (χ2n) is 6.39. The monoisotopic (exact) mass is 223 g/mol. The van der Waals surface area contributed by atoms with Gasteiger partial charge in [0.25, 0.3) is 0 Å². The van der Waals surface area contributed by atoms with E-state index in [9.17, 15) is 0 Å². The maximum Gasteiger partial charge on any atom is 0.102 e. The minimum Gasteiger partial charge on any atom is -0.355 e. The van der Waals surface area contributed by atoms with E-state index in [1.54, 1.807) is 0 Å². The van der Waals surface area contributed by atoms with E-state index < -0.39 is 0 Å². The van der Waals surface area contributed by atoms with E-state index in [4.69, 9.17) is 5.41 Å². The molecule has 2 fully saturated rings. The van der Waals surface area contributed by atoms with E-state index in [0.717, 1.165) is 18.9 Å². The topological polar surface area (TPSA) is 30.3 Å². The largest absolute Gasteiger partial charge is 0.355 e. The maximum absolute atomic E-state index is 8.32. The zero-order chi connectivity index (χ0) is 11.9. The van der Waals surface area contributed by atoms with Gasteiger partial charge in [-0.05, 0) is 26.3 Å². The highest BCUT2D eigenvalue weighted by atomic mass is 15.3. The third-order valence-corrected chi connectivity index (χ3v) is 3.93. The van der Waals surface area contributed by atoms with Crippen molar-refractivity contribution in [1.82, 2.24) is 9.80 Å². The van der Waals surface area contributed by atoms with Crippen molar-refractivity contribution in [1.29, 1.82) is 5.41 Å². The molecule has 2 aliphatic rings. The SMILES string of the molecule is CC1CN2CCCC2CN1C(=N)C(C)(C)C. The van der Waals surface area contributed by atoms with Gasteiger partial charge in [0.1, 0.15) is 5.84 Å². The quantitative estimate of drug-likeness (QED) is 0.504. The molecule has 0 aliphatic carbocycles. The van der Waals surface area contributed by atoms with Gasteiger partial charge < -0.3 is 4.90 Å². The zero-order valence-electron chi connectivity index (χ0n) is 11.1. The Morgan fingerprint density at radius 3 is 2.56 bits per heavy atom. The van der Waals surface area contributed by atoms with Crippen molar-refractivity contribution >= 4 is 5.84 Å². The van der Waals surface area contributed by atoms with Crippen LogP contribution in [0.15, 0.2) is 0 Å². The number of hydrogen-bond donors (Lipinski definition) is 1. The number of hydrogen-bond acceptors (Lipinski definition) is 2. The molecule has 0 radical (unpaired) electrons. The second-order valence-corrected chi connectivity index (χ2v) is 6.39. The summed E-state index contributed by atoms with van der Waals surface area (Å²) >= 11 is 0. The van der Waals surface area contributed by atoms with Crippen LogP contribution in [0, 0.1) is 10.8 Å². The summed E-state index contributed by atoms with van der Waals surface area (Å²) in [5, 5.41) is 8.32. The van der Waals surface area contributed by atoms with E-state index in [0.29, 0.717) is 12.1 Å². The first-order valence-electron chi connectivity index (χ1n) is 6.49. The van der Waals surface area contributed by atoms with Gasteiger partial charge in [-0.3, -0.25) is 10.3 Å². The molecular weight excluding hydrogens is 198 g/mol. The van der Waals surface area contributed by atoms with Crippen LogP contribution in [0.1, 0.15) is 40.5 Å². The molecule has 16 heavy (non-hydrogen) atoms. The molecule has 2 atom stereocenters. The molecule has 3 nitrogen and oxygen atoms in total. The van der Waals surface area contributed by atoms with Gasteiger partial charge in [-0.2, -0.15) is 0 Å². The molecular formula is C13H25N3. The molecule has 2 heterocycles. The van der Waals surface area contributed by atoms with Crippen LogP contribution >= 0.6 is 0 Å². The molecule has 0 bridgehead atoms. The molecule has 0 aromatic heterocycles. The molecule has 2 rings (SSSR count). The summed E-state index contributed by atoms with van der Waals surface area (Å²) in [5.41, 5.74) is -0.0188. The van der Waals surface area contributed by atoms with Crippen molar-refractivity contribution < 1.29 is 0 Å². The molecule has 92 valence electrons. The van der Waals surface area contributed by atoms with Gasteiger partial charge >= 0.3 is 0 Å². The van der Waals surface area contributed by atoms with E-state index in [-0.39, 0.29) is 5.41 Å². The van der Waals surface area contributed by atoms with E-state index in [1.165, 1.54) is 19.4 Å². The lowest BCUT2D eigenvalue weighted by Crippen LogP contribution is -2.58. The lowest BCUT2D eigenvalue weighted by atomic mass is 9.92. The number of nitrogens with zero attached hydrogens (tertiary/aromatic N) is 2. The average molecular weight is 223 g/mol. The maximum atomic E-state index is 8.32. The van der Waals surface area contributed by atoms with Crippen molar-refractivity contribution in [2.75, 3.05) is 19.6 Å². The van der Waals surface area contributed by atoms with E-state index in [2.05, 4.69) is 37.5 Å². The summed E-state index contributed by atoms with van der Waals surface area (Å²) in [4.78, 5) is 4.93. The lowest BCUT2D eigenvalue weighted by molar-refractivity contribution is 0.102. The second kappa shape index (κ2) is 4.02. The van der Waals surface area contributed by atoms with Gasteiger partial charge in [0.05, 0.1) is 0 Å². The Kier molecular flexibility index (Phi) is 2.99. The molecule has 0 aromatic carbocycles. The van der Waals surface area contributed by atoms with Crippen LogP contribution in [-0.4, -0.2) is 47.4 Å². The van der Waals surface area contributed by atoms with Crippen LogP contribution in [0.5, 0.6) is 0 Å². The predicted octanol–water partition coefficient (Wildman–Crippen LogP) is 2.18. The Bertz CT molecular complexity index is 279. The highest BCUT2D eigenvalue weighted by Crippen LogP contribution is 2.28. The van der Waals surface area contributed by atoms with E-state index in [1.807, 2.05) is 0 Å². The normalized spacial score (nSPS) is 31.6. The molecule has 0 spiro atoms. The number of fused-ring (bicyclic) bond motifs is 1. The van der Waals surface area contributed by atoms with Gasteiger partial charge in [-0.15, -0.1) is 0 Å². The van der Waals surface area contributed by atoms with E-state index >= 15 is 0 Å². The van der Waals surface area contributed by atoms with Gasteiger partial charge in [-0.25, -0.2) is 0 Å². The molecule has 2 aliphatic heterocycles. The minimum absolute atomic E-state index is 0.0188. The Balaban J connectivity index is 2.08. The van der Waals surface area contributed by atoms with Crippen LogP contribution in [0.25, 0.3) is 0 Å². The standard InChI is InChI=1S/C13H25N3/c1-10-8-15-7-5-6-11(15)9-16(10)12(14)13(2,3)4/h10-11,14H,5-9H2,1-4H3. The van der Waals surface area contributed by atoms with Crippen molar-refractivity contribution in [3.05, 3.63) is 0 Å². The number of piperazine rings is 1. The van der Waals surface area contributed by atoms with Crippen LogP contribution in [0.3, 0.4) is 0 Å². The summed E-state index contributed by atoms with van der Waals surface area (Å²) in [6, 6.07) is 1.21. The minimum atomic E-state index is -0.0188. The summed E-state index contributed by atoms with van der Waals surface area (Å²) in [7, 11) is 0. The lowest BCUT2D eigenvalue weighted by Gasteiger charge is -2.46. The molecule has 2 saturated heterocycles. The van der Waals surface area contributed by atoms with Crippen molar-refractivity contribution in [2.45, 2.75) is 52.6 Å². The fraction of sp³-hybridized carbons (Fsp3) is 0.923. The number of rotatable bonds is 0. The first kappa shape index (κ1) is 11.9. The number of amidine groups is 1. The summed E-state index contributed by atoms with van der Waals surface area (Å²) in [6.07, 6.45) is 2.66. The van der Waals surface area contributed by atoms with Crippen LogP contribution < -0.4 is 0 Å². The summed E-state index contributed by atoms with van der Waals surface area (Å²) in [5.74, 6) is 0.812. The molecule has 2 unspecified atom stereocenters. The van der Waals surface area contributed by atoms with Crippen molar-refractivity contribution in [3.8, 4) is 0 Å². The smallest absolute Gasteiger partial charge is 0.102 e. The molecule has 1 N–H and O–H groups in total. The molecule has 0 amide bonds. The highest BCUT2D eigenvalue weighted by molar-refractivity contribution is 5.84. The molecule has 0 aromatic rings.